The van der Waals surface area contributed by atoms with E-state index in [1.807, 2.05) is 19.2 Å². The van der Waals surface area contributed by atoms with Crippen molar-refractivity contribution < 1.29 is 0 Å². The molecular weight excluding hydrogens is 186 g/mol. The molecule has 0 bridgehead atoms. The first-order chi connectivity index (χ1) is 7.20. The predicted molar refractivity (Wildman–Crippen MR) is 60.0 cm³/mol. The molecule has 1 aromatic rings. The molecule has 0 spiro atoms. The van der Waals surface area contributed by atoms with Gasteiger partial charge < -0.3 is 5.32 Å². The third-order valence-electron chi connectivity index (χ3n) is 2.60. The maximum atomic E-state index is 9.15. The minimum Gasteiger partial charge on any atom is -0.312 e. The van der Waals surface area contributed by atoms with Crippen LogP contribution in [0.25, 0.3) is 0 Å². The molecule has 0 saturated heterocycles. The number of nitriles is 1. The SMILES string of the molecule is CNC(c1ccncc1)C(C#N)C(C)C. The topological polar surface area (TPSA) is 48.7 Å². The summed E-state index contributed by atoms with van der Waals surface area (Å²) >= 11 is 0. The summed E-state index contributed by atoms with van der Waals surface area (Å²) in [4.78, 5) is 3.98. The monoisotopic (exact) mass is 203 g/mol. The van der Waals surface area contributed by atoms with Crippen molar-refractivity contribution >= 4 is 0 Å². The molecule has 0 saturated carbocycles. The summed E-state index contributed by atoms with van der Waals surface area (Å²) in [5, 5.41) is 12.4. The summed E-state index contributed by atoms with van der Waals surface area (Å²) in [5.74, 6) is 0.318. The van der Waals surface area contributed by atoms with Crippen LogP contribution >= 0.6 is 0 Å². The van der Waals surface area contributed by atoms with Gasteiger partial charge >= 0.3 is 0 Å². The third kappa shape index (κ3) is 2.77. The Morgan fingerprint density at radius 1 is 1.33 bits per heavy atom. The number of aromatic nitrogens is 1. The summed E-state index contributed by atoms with van der Waals surface area (Å²) in [6, 6.07) is 6.35. The van der Waals surface area contributed by atoms with Gasteiger partial charge in [-0.1, -0.05) is 13.8 Å². The van der Waals surface area contributed by atoms with Gasteiger partial charge in [0.2, 0.25) is 0 Å². The molecule has 2 unspecified atom stereocenters. The smallest absolute Gasteiger partial charge is 0.0681 e. The first-order valence-corrected chi connectivity index (χ1v) is 5.17. The van der Waals surface area contributed by atoms with E-state index in [0.29, 0.717) is 5.92 Å². The Labute approximate surface area is 91.1 Å². The van der Waals surface area contributed by atoms with E-state index in [2.05, 4.69) is 30.2 Å². The fourth-order valence-electron chi connectivity index (χ4n) is 1.73. The van der Waals surface area contributed by atoms with Crippen molar-refractivity contribution in [3.63, 3.8) is 0 Å². The molecule has 1 N–H and O–H groups in total. The van der Waals surface area contributed by atoms with Crippen LogP contribution in [0.4, 0.5) is 0 Å². The Balaban J connectivity index is 2.94. The molecular formula is C12H17N3. The Hall–Kier alpha value is -1.40. The molecule has 80 valence electrons. The van der Waals surface area contributed by atoms with Crippen LogP contribution in [0.3, 0.4) is 0 Å². The average Bonchev–Trinajstić information content (AvgIpc) is 2.26. The lowest BCUT2D eigenvalue weighted by molar-refractivity contribution is 0.363. The molecule has 3 nitrogen and oxygen atoms in total. The number of hydrogen-bond acceptors (Lipinski definition) is 3. The number of rotatable bonds is 4. The summed E-state index contributed by atoms with van der Waals surface area (Å²) < 4.78 is 0. The van der Waals surface area contributed by atoms with Crippen molar-refractivity contribution in [1.29, 1.82) is 5.26 Å². The van der Waals surface area contributed by atoms with Crippen molar-refractivity contribution in [2.24, 2.45) is 11.8 Å². The van der Waals surface area contributed by atoms with E-state index in [1.54, 1.807) is 12.4 Å². The van der Waals surface area contributed by atoms with Gasteiger partial charge in [0.15, 0.2) is 0 Å². The molecule has 0 aromatic carbocycles. The minimum absolute atomic E-state index is 0.0163. The highest BCUT2D eigenvalue weighted by molar-refractivity contribution is 5.18. The Morgan fingerprint density at radius 3 is 2.33 bits per heavy atom. The highest BCUT2D eigenvalue weighted by Crippen LogP contribution is 2.26. The second kappa shape index (κ2) is 5.47. The van der Waals surface area contributed by atoms with E-state index < -0.39 is 0 Å². The molecule has 0 amide bonds. The Bertz CT molecular complexity index is 326. The molecule has 0 aliphatic carbocycles. The van der Waals surface area contributed by atoms with Crippen LogP contribution in [0.5, 0.6) is 0 Å². The second-order valence-corrected chi connectivity index (χ2v) is 3.95. The lowest BCUT2D eigenvalue weighted by Gasteiger charge is -2.24. The highest BCUT2D eigenvalue weighted by atomic mass is 14.9. The fourth-order valence-corrected chi connectivity index (χ4v) is 1.73. The molecule has 0 aliphatic heterocycles. The molecule has 0 radical (unpaired) electrons. The number of nitrogens with zero attached hydrogens (tertiary/aromatic N) is 2. The zero-order chi connectivity index (χ0) is 11.3. The van der Waals surface area contributed by atoms with Gasteiger partial charge in [0.05, 0.1) is 12.0 Å². The van der Waals surface area contributed by atoms with Crippen LogP contribution in [0.15, 0.2) is 24.5 Å². The molecule has 1 heterocycles. The predicted octanol–water partition coefficient (Wildman–Crippen LogP) is 2.14. The van der Waals surface area contributed by atoms with Crippen LogP contribution in [-0.2, 0) is 0 Å². The first kappa shape index (κ1) is 11.7. The molecule has 1 aromatic heterocycles. The third-order valence-corrected chi connectivity index (χ3v) is 2.60. The van der Waals surface area contributed by atoms with Crippen LogP contribution in [0, 0.1) is 23.2 Å². The highest BCUT2D eigenvalue weighted by Gasteiger charge is 2.24. The molecule has 1 rings (SSSR count). The van der Waals surface area contributed by atoms with Crippen LogP contribution in [-0.4, -0.2) is 12.0 Å². The Morgan fingerprint density at radius 2 is 1.93 bits per heavy atom. The zero-order valence-corrected chi connectivity index (χ0v) is 9.44. The van der Waals surface area contributed by atoms with E-state index in [9.17, 15) is 0 Å². The standard InChI is InChI=1S/C12H17N3/c1-9(2)11(8-13)12(14-3)10-4-6-15-7-5-10/h4-7,9,11-12,14H,1-3H3. The molecule has 0 fully saturated rings. The van der Waals surface area contributed by atoms with Gasteiger partial charge in [-0.05, 0) is 30.7 Å². The first-order valence-electron chi connectivity index (χ1n) is 5.17. The zero-order valence-electron chi connectivity index (χ0n) is 9.44. The van der Waals surface area contributed by atoms with Gasteiger partial charge in [-0.3, -0.25) is 4.98 Å². The van der Waals surface area contributed by atoms with Crippen LogP contribution in [0.2, 0.25) is 0 Å². The van der Waals surface area contributed by atoms with Gasteiger partial charge in [0.1, 0.15) is 0 Å². The van der Waals surface area contributed by atoms with Crippen molar-refractivity contribution in [3.05, 3.63) is 30.1 Å². The van der Waals surface area contributed by atoms with E-state index in [0.717, 1.165) is 5.56 Å². The van der Waals surface area contributed by atoms with Gasteiger partial charge in [-0.15, -0.1) is 0 Å². The maximum Gasteiger partial charge on any atom is 0.0681 e. The van der Waals surface area contributed by atoms with Gasteiger partial charge in [0, 0.05) is 18.4 Å². The van der Waals surface area contributed by atoms with E-state index in [4.69, 9.17) is 5.26 Å². The van der Waals surface area contributed by atoms with Gasteiger partial charge in [0.25, 0.3) is 0 Å². The largest absolute Gasteiger partial charge is 0.312 e. The van der Waals surface area contributed by atoms with Crippen molar-refractivity contribution in [2.75, 3.05) is 7.05 Å². The van der Waals surface area contributed by atoms with Crippen LogP contribution in [0.1, 0.15) is 25.5 Å². The Kier molecular flexibility index (Phi) is 4.26. The van der Waals surface area contributed by atoms with Gasteiger partial charge in [-0.25, -0.2) is 0 Å². The normalized spacial score (nSPS) is 14.6. The average molecular weight is 203 g/mol. The molecule has 2 atom stereocenters. The van der Waals surface area contributed by atoms with Crippen LogP contribution < -0.4 is 5.32 Å². The number of nitrogens with one attached hydrogen (secondary N) is 1. The summed E-state index contributed by atoms with van der Waals surface area (Å²) in [5.41, 5.74) is 1.12. The van der Waals surface area contributed by atoms with Crippen molar-refractivity contribution in [3.8, 4) is 6.07 Å². The summed E-state index contributed by atoms with van der Waals surface area (Å²) in [6.45, 7) is 4.14. The van der Waals surface area contributed by atoms with E-state index >= 15 is 0 Å². The minimum atomic E-state index is -0.0163. The van der Waals surface area contributed by atoms with E-state index in [1.165, 1.54) is 0 Å². The molecule has 3 heteroatoms. The molecule has 0 aliphatic rings. The maximum absolute atomic E-state index is 9.15. The summed E-state index contributed by atoms with van der Waals surface area (Å²) in [7, 11) is 1.89. The van der Waals surface area contributed by atoms with Crippen molar-refractivity contribution in [1.82, 2.24) is 10.3 Å². The van der Waals surface area contributed by atoms with Crippen molar-refractivity contribution in [2.45, 2.75) is 19.9 Å². The summed E-state index contributed by atoms with van der Waals surface area (Å²) in [6.07, 6.45) is 3.52. The number of pyridine rings is 1. The van der Waals surface area contributed by atoms with E-state index in [-0.39, 0.29) is 12.0 Å². The quantitative estimate of drug-likeness (QED) is 0.815. The lowest BCUT2D eigenvalue weighted by Crippen LogP contribution is -2.27. The van der Waals surface area contributed by atoms with Gasteiger partial charge in [-0.2, -0.15) is 5.26 Å². The second-order valence-electron chi connectivity index (χ2n) is 3.95. The lowest BCUT2D eigenvalue weighted by atomic mass is 9.86. The number of hydrogen-bond donors (Lipinski definition) is 1. The molecule has 15 heavy (non-hydrogen) atoms. The fraction of sp³-hybridized carbons (Fsp3) is 0.500.